The topological polar surface area (TPSA) is 65.9 Å². The molecule has 3 saturated heterocycles. The number of benzene rings is 1. The van der Waals surface area contributed by atoms with E-state index < -0.39 is 6.10 Å². The molecule has 3 fully saturated rings. The van der Waals surface area contributed by atoms with Gasteiger partial charge >= 0.3 is 0 Å². The van der Waals surface area contributed by atoms with Gasteiger partial charge in [-0.1, -0.05) is 18.2 Å². The van der Waals surface area contributed by atoms with Crippen LogP contribution >= 0.6 is 0 Å². The minimum atomic E-state index is -0.421. The van der Waals surface area contributed by atoms with Crippen LogP contribution in [0.1, 0.15) is 32.1 Å². The lowest BCUT2D eigenvalue weighted by Gasteiger charge is -2.50. The maximum atomic E-state index is 13.1. The largest absolute Gasteiger partial charge is 0.391 e. The van der Waals surface area contributed by atoms with Crippen molar-refractivity contribution < 1.29 is 14.6 Å². The summed E-state index contributed by atoms with van der Waals surface area (Å²) >= 11 is 0. The quantitative estimate of drug-likeness (QED) is 0.826. The maximum absolute atomic E-state index is 13.1. The number of fused-ring (bicyclic) bond motifs is 1. The second-order valence-electron chi connectivity index (χ2n) is 9.30. The van der Waals surface area contributed by atoms with E-state index in [-0.39, 0.29) is 17.2 Å². The SMILES string of the molecule is O=C(C1CCOCC1)N1CC(O)CC2(CCN(c3ccnc4ccccc34)CC2)C1. The predicted octanol–water partition coefficient (Wildman–Crippen LogP) is 2.84. The number of β-amino-alcohol motifs (C(OH)–C–C–N with tert-alkyl or cyclic N) is 1. The standard InChI is InChI=1S/C24H31N3O3/c28-19-15-24(17-27(16-19)23(29)18-6-13-30-14-7-18)8-11-26(12-9-24)22-5-10-25-21-4-2-1-3-20(21)22/h1-5,10,18-19,28H,6-9,11-17H2. The van der Waals surface area contributed by atoms with Crippen LogP contribution in [0.15, 0.2) is 36.5 Å². The fourth-order valence-electron chi connectivity index (χ4n) is 5.66. The zero-order chi connectivity index (χ0) is 20.6. The smallest absolute Gasteiger partial charge is 0.225 e. The molecule has 6 heteroatoms. The highest BCUT2D eigenvalue weighted by Crippen LogP contribution is 2.42. The summed E-state index contributed by atoms with van der Waals surface area (Å²) in [6.07, 6.45) is 5.88. The molecular formula is C24H31N3O3. The zero-order valence-electron chi connectivity index (χ0n) is 17.5. The van der Waals surface area contributed by atoms with E-state index in [1.165, 1.54) is 11.1 Å². The minimum Gasteiger partial charge on any atom is -0.391 e. The zero-order valence-corrected chi connectivity index (χ0v) is 17.5. The van der Waals surface area contributed by atoms with Gasteiger partial charge in [0, 0.05) is 62.6 Å². The predicted molar refractivity (Wildman–Crippen MR) is 116 cm³/mol. The molecule has 1 N–H and O–H groups in total. The number of pyridine rings is 1. The Balaban J connectivity index is 1.30. The number of ether oxygens (including phenoxy) is 1. The van der Waals surface area contributed by atoms with Crippen LogP contribution in [0.3, 0.4) is 0 Å². The normalized spacial score (nSPS) is 25.0. The molecule has 0 radical (unpaired) electrons. The molecule has 4 heterocycles. The molecule has 1 aromatic heterocycles. The van der Waals surface area contributed by atoms with E-state index in [2.05, 4.69) is 34.1 Å². The van der Waals surface area contributed by atoms with Gasteiger partial charge in [0.25, 0.3) is 0 Å². The molecular weight excluding hydrogens is 378 g/mol. The lowest BCUT2D eigenvalue weighted by Crippen LogP contribution is -2.56. The van der Waals surface area contributed by atoms with Crippen LogP contribution in [0.4, 0.5) is 5.69 Å². The van der Waals surface area contributed by atoms with Gasteiger partial charge in [-0.05, 0) is 49.7 Å². The molecule has 0 aliphatic carbocycles. The van der Waals surface area contributed by atoms with E-state index in [4.69, 9.17) is 4.74 Å². The van der Waals surface area contributed by atoms with Crippen molar-refractivity contribution in [2.75, 3.05) is 44.3 Å². The van der Waals surface area contributed by atoms with Crippen LogP contribution in [0.25, 0.3) is 10.9 Å². The number of hydrogen-bond donors (Lipinski definition) is 1. The number of rotatable bonds is 2. The Kier molecular flexibility index (Phi) is 5.37. The monoisotopic (exact) mass is 409 g/mol. The Hall–Kier alpha value is -2.18. The molecule has 1 atom stereocenters. The number of likely N-dealkylation sites (tertiary alicyclic amines) is 1. The van der Waals surface area contributed by atoms with E-state index >= 15 is 0 Å². The summed E-state index contributed by atoms with van der Waals surface area (Å²) in [5, 5.41) is 11.8. The number of amides is 1. The number of para-hydroxylation sites is 1. The van der Waals surface area contributed by atoms with E-state index in [9.17, 15) is 9.90 Å². The number of nitrogens with zero attached hydrogens (tertiary/aromatic N) is 3. The molecule has 3 aliphatic rings. The number of aromatic nitrogens is 1. The number of carbonyl (C=O) groups excluding carboxylic acids is 1. The second kappa shape index (κ2) is 8.16. The van der Waals surface area contributed by atoms with Crippen LogP contribution in [0.5, 0.6) is 0 Å². The minimum absolute atomic E-state index is 0.0256. The van der Waals surface area contributed by atoms with Gasteiger partial charge in [0.1, 0.15) is 0 Å². The Morgan fingerprint density at radius 3 is 2.70 bits per heavy atom. The number of piperidine rings is 2. The van der Waals surface area contributed by atoms with Crippen molar-refractivity contribution in [3.05, 3.63) is 36.5 Å². The van der Waals surface area contributed by atoms with Crippen molar-refractivity contribution in [3.8, 4) is 0 Å². The van der Waals surface area contributed by atoms with E-state index in [0.29, 0.717) is 19.8 Å². The number of hydrogen-bond acceptors (Lipinski definition) is 5. The highest BCUT2D eigenvalue weighted by molar-refractivity contribution is 5.91. The summed E-state index contributed by atoms with van der Waals surface area (Å²) in [6.45, 7) is 4.50. The average Bonchev–Trinajstić information content (AvgIpc) is 2.79. The molecule has 3 aliphatic heterocycles. The summed E-state index contributed by atoms with van der Waals surface area (Å²) in [5.41, 5.74) is 2.29. The van der Waals surface area contributed by atoms with Gasteiger partial charge in [0.2, 0.25) is 5.91 Å². The highest BCUT2D eigenvalue weighted by Gasteiger charge is 2.44. The number of carbonyl (C=O) groups is 1. The first-order chi connectivity index (χ1) is 14.6. The van der Waals surface area contributed by atoms with Crippen LogP contribution < -0.4 is 4.90 Å². The highest BCUT2D eigenvalue weighted by atomic mass is 16.5. The Labute approximate surface area is 177 Å². The first-order valence-corrected chi connectivity index (χ1v) is 11.3. The first kappa shape index (κ1) is 19.8. The molecule has 6 nitrogen and oxygen atoms in total. The molecule has 1 unspecified atom stereocenters. The third-order valence-corrected chi connectivity index (χ3v) is 7.30. The third kappa shape index (κ3) is 3.79. The molecule has 2 aromatic rings. The molecule has 5 rings (SSSR count). The maximum Gasteiger partial charge on any atom is 0.225 e. The summed E-state index contributed by atoms with van der Waals surface area (Å²) < 4.78 is 5.42. The van der Waals surface area contributed by atoms with Crippen molar-refractivity contribution in [2.45, 2.75) is 38.2 Å². The fourth-order valence-corrected chi connectivity index (χ4v) is 5.66. The van der Waals surface area contributed by atoms with Crippen LogP contribution in [0, 0.1) is 11.3 Å². The first-order valence-electron chi connectivity index (χ1n) is 11.3. The molecule has 1 spiro atoms. The van der Waals surface area contributed by atoms with E-state index in [1.807, 2.05) is 17.2 Å². The summed E-state index contributed by atoms with van der Waals surface area (Å²) in [7, 11) is 0. The number of anilines is 1. The molecule has 1 aromatic carbocycles. The van der Waals surface area contributed by atoms with Crippen molar-refractivity contribution in [1.29, 1.82) is 0 Å². The lowest BCUT2D eigenvalue weighted by molar-refractivity contribution is -0.146. The van der Waals surface area contributed by atoms with Crippen LogP contribution in [-0.2, 0) is 9.53 Å². The molecule has 1 amide bonds. The van der Waals surface area contributed by atoms with Gasteiger partial charge in [-0.15, -0.1) is 0 Å². The van der Waals surface area contributed by atoms with Crippen LogP contribution in [0.2, 0.25) is 0 Å². The average molecular weight is 410 g/mol. The molecule has 30 heavy (non-hydrogen) atoms. The van der Waals surface area contributed by atoms with Crippen molar-refractivity contribution in [1.82, 2.24) is 9.88 Å². The van der Waals surface area contributed by atoms with Gasteiger partial charge < -0.3 is 19.6 Å². The van der Waals surface area contributed by atoms with Gasteiger partial charge in [0.05, 0.1) is 11.6 Å². The van der Waals surface area contributed by atoms with Gasteiger partial charge in [-0.25, -0.2) is 0 Å². The summed E-state index contributed by atoms with van der Waals surface area (Å²) in [6, 6.07) is 10.4. The summed E-state index contributed by atoms with van der Waals surface area (Å²) in [5.74, 6) is 0.281. The summed E-state index contributed by atoms with van der Waals surface area (Å²) in [4.78, 5) is 22.0. The third-order valence-electron chi connectivity index (χ3n) is 7.30. The number of aliphatic hydroxyl groups excluding tert-OH is 1. The second-order valence-corrected chi connectivity index (χ2v) is 9.30. The Bertz CT molecular complexity index is 898. The van der Waals surface area contributed by atoms with E-state index in [1.54, 1.807) is 0 Å². The van der Waals surface area contributed by atoms with Crippen molar-refractivity contribution in [3.63, 3.8) is 0 Å². The molecule has 0 saturated carbocycles. The van der Waals surface area contributed by atoms with Gasteiger partial charge in [0.15, 0.2) is 0 Å². The fraction of sp³-hybridized carbons (Fsp3) is 0.583. The van der Waals surface area contributed by atoms with Crippen molar-refractivity contribution in [2.24, 2.45) is 11.3 Å². The van der Waals surface area contributed by atoms with Gasteiger partial charge in [-0.2, -0.15) is 0 Å². The van der Waals surface area contributed by atoms with Crippen molar-refractivity contribution >= 4 is 22.5 Å². The lowest BCUT2D eigenvalue weighted by atomic mass is 9.71. The Morgan fingerprint density at radius 1 is 1.13 bits per heavy atom. The molecule has 160 valence electrons. The van der Waals surface area contributed by atoms with E-state index in [0.717, 1.165) is 57.3 Å². The van der Waals surface area contributed by atoms with Crippen LogP contribution in [-0.4, -0.2) is 66.4 Å². The molecule has 0 bridgehead atoms. The number of aliphatic hydroxyl groups is 1. The Morgan fingerprint density at radius 2 is 1.90 bits per heavy atom. The van der Waals surface area contributed by atoms with Gasteiger partial charge in [-0.3, -0.25) is 9.78 Å².